The van der Waals surface area contributed by atoms with Crippen molar-refractivity contribution in [3.8, 4) is 0 Å². The van der Waals surface area contributed by atoms with Gasteiger partial charge in [0.1, 0.15) is 31.0 Å². The number of hydrogen-bond donors (Lipinski definition) is 1. The standard InChI is InChI=1S/C29H32O7/c1-21(30)32-20-25-26(33-17-22-11-5-2-6-12-22)27(34-18-23-13-7-3-8-14-23)28(29(31)36-25)35-19-24-15-9-4-10-16-24/h2-16,25-29,31H,17-20H2,1H3/t25-,26-,27+,28+,29+/m0/s1. The summed E-state index contributed by atoms with van der Waals surface area (Å²) < 4.78 is 29.9. The first-order valence-electron chi connectivity index (χ1n) is 12.0. The summed E-state index contributed by atoms with van der Waals surface area (Å²) in [5.41, 5.74) is 2.90. The number of benzene rings is 3. The van der Waals surface area contributed by atoms with Gasteiger partial charge in [-0.3, -0.25) is 4.79 Å². The van der Waals surface area contributed by atoms with Gasteiger partial charge >= 0.3 is 5.97 Å². The fourth-order valence-corrected chi connectivity index (χ4v) is 4.10. The normalized spacial score (nSPS) is 23.8. The van der Waals surface area contributed by atoms with Crippen LogP contribution in [0.4, 0.5) is 0 Å². The molecule has 5 atom stereocenters. The molecule has 0 amide bonds. The van der Waals surface area contributed by atoms with Crippen molar-refractivity contribution < 1.29 is 33.6 Å². The molecule has 0 bridgehead atoms. The fourth-order valence-electron chi connectivity index (χ4n) is 4.10. The highest BCUT2D eigenvalue weighted by molar-refractivity contribution is 5.65. The SMILES string of the molecule is CC(=O)OC[C@@H]1O[C@@H](O)[C@H](OCc2ccccc2)[C@H](OCc2ccccc2)[C@H]1OCc1ccccc1. The molecule has 1 heterocycles. The Morgan fingerprint density at radius 3 is 1.56 bits per heavy atom. The van der Waals surface area contributed by atoms with Crippen LogP contribution in [0.2, 0.25) is 0 Å². The van der Waals surface area contributed by atoms with Crippen LogP contribution in [-0.4, -0.2) is 48.4 Å². The predicted molar refractivity (Wildman–Crippen MR) is 133 cm³/mol. The molecule has 4 rings (SSSR count). The molecule has 190 valence electrons. The zero-order valence-electron chi connectivity index (χ0n) is 20.3. The third-order valence-corrected chi connectivity index (χ3v) is 5.92. The second-order valence-electron chi connectivity index (χ2n) is 8.65. The van der Waals surface area contributed by atoms with Gasteiger partial charge in [-0.2, -0.15) is 0 Å². The first-order chi connectivity index (χ1) is 17.6. The van der Waals surface area contributed by atoms with Gasteiger partial charge in [-0.15, -0.1) is 0 Å². The van der Waals surface area contributed by atoms with Crippen LogP contribution < -0.4 is 0 Å². The minimum absolute atomic E-state index is 0.0809. The predicted octanol–water partition coefficient (Wildman–Crippen LogP) is 4.02. The van der Waals surface area contributed by atoms with Crippen LogP contribution in [0, 0.1) is 0 Å². The average molecular weight is 493 g/mol. The molecule has 0 unspecified atom stereocenters. The molecule has 1 N–H and O–H groups in total. The van der Waals surface area contributed by atoms with Crippen molar-refractivity contribution in [2.75, 3.05) is 6.61 Å². The van der Waals surface area contributed by atoms with Crippen LogP contribution in [0.15, 0.2) is 91.0 Å². The van der Waals surface area contributed by atoms with E-state index in [0.717, 1.165) is 16.7 Å². The number of hydrogen-bond acceptors (Lipinski definition) is 7. The topological polar surface area (TPSA) is 83.5 Å². The van der Waals surface area contributed by atoms with E-state index in [2.05, 4.69) is 0 Å². The number of carbonyl (C=O) groups excluding carboxylic acids is 1. The summed E-state index contributed by atoms with van der Waals surface area (Å²) >= 11 is 0. The summed E-state index contributed by atoms with van der Waals surface area (Å²) in [7, 11) is 0. The van der Waals surface area contributed by atoms with E-state index < -0.39 is 36.7 Å². The van der Waals surface area contributed by atoms with Gasteiger partial charge < -0.3 is 28.8 Å². The fraction of sp³-hybridized carbons (Fsp3) is 0.345. The monoisotopic (exact) mass is 492 g/mol. The molecule has 7 heteroatoms. The van der Waals surface area contributed by atoms with E-state index in [9.17, 15) is 9.90 Å². The summed E-state index contributed by atoms with van der Waals surface area (Å²) in [6.45, 7) is 2.08. The van der Waals surface area contributed by atoms with E-state index in [1.54, 1.807) is 0 Å². The lowest BCUT2D eigenvalue weighted by Gasteiger charge is -2.44. The summed E-state index contributed by atoms with van der Waals surface area (Å²) in [5.74, 6) is -0.445. The van der Waals surface area contributed by atoms with Gasteiger partial charge in [-0.05, 0) is 16.7 Å². The summed E-state index contributed by atoms with van der Waals surface area (Å²) in [4.78, 5) is 11.5. The molecule has 3 aromatic carbocycles. The maximum Gasteiger partial charge on any atom is 0.302 e. The van der Waals surface area contributed by atoms with Crippen LogP contribution >= 0.6 is 0 Å². The highest BCUT2D eigenvalue weighted by Crippen LogP contribution is 2.30. The van der Waals surface area contributed by atoms with Crippen LogP contribution in [0.3, 0.4) is 0 Å². The van der Waals surface area contributed by atoms with Crippen LogP contribution in [0.5, 0.6) is 0 Å². The molecule has 1 saturated heterocycles. The molecule has 0 aromatic heterocycles. The Labute approximate surface area is 211 Å². The highest BCUT2D eigenvalue weighted by Gasteiger charge is 2.48. The number of ether oxygens (including phenoxy) is 5. The molecule has 0 radical (unpaired) electrons. The summed E-state index contributed by atoms with van der Waals surface area (Å²) in [5, 5.41) is 10.9. The molecule has 1 fully saturated rings. The lowest BCUT2D eigenvalue weighted by molar-refractivity contribution is -0.315. The quantitative estimate of drug-likeness (QED) is 0.405. The van der Waals surface area contributed by atoms with E-state index in [0.29, 0.717) is 0 Å². The van der Waals surface area contributed by atoms with Gasteiger partial charge in [-0.1, -0.05) is 91.0 Å². The number of aliphatic hydroxyl groups is 1. The van der Waals surface area contributed by atoms with Crippen LogP contribution in [-0.2, 0) is 48.3 Å². The molecule has 1 aliphatic rings. The highest BCUT2D eigenvalue weighted by atomic mass is 16.7. The Morgan fingerprint density at radius 2 is 1.11 bits per heavy atom. The van der Waals surface area contributed by atoms with Crippen LogP contribution in [0.1, 0.15) is 23.6 Å². The van der Waals surface area contributed by atoms with Crippen molar-refractivity contribution in [2.24, 2.45) is 0 Å². The lowest BCUT2D eigenvalue weighted by Crippen LogP contribution is -2.61. The summed E-state index contributed by atoms with van der Waals surface area (Å²) in [6.07, 6.45) is -4.24. The maximum absolute atomic E-state index is 11.5. The van der Waals surface area contributed by atoms with Gasteiger partial charge in [0.05, 0.1) is 19.8 Å². The first-order valence-corrected chi connectivity index (χ1v) is 12.0. The Hall–Kier alpha value is -3.07. The molecule has 7 nitrogen and oxygen atoms in total. The summed E-state index contributed by atoms with van der Waals surface area (Å²) in [6, 6.07) is 29.2. The van der Waals surface area contributed by atoms with Crippen molar-refractivity contribution in [1.82, 2.24) is 0 Å². The Morgan fingerprint density at radius 1 is 0.694 bits per heavy atom. The van der Waals surface area contributed by atoms with E-state index in [1.807, 2.05) is 91.0 Å². The second kappa shape index (κ2) is 13.3. The van der Waals surface area contributed by atoms with Crippen molar-refractivity contribution >= 4 is 5.97 Å². The Kier molecular flexibility index (Phi) is 9.61. The number of rotatable bonds is 11. The van der Waals surface area contributed by atoms with E-state index in [1.165, 1.54) is 6.92 Å². The van der Waals surface area contributed by atoms with Gasteiger partial charge in [0.25, 0.3) is 0 Å². The maximum atomic E-state index is 11.5. The van der Waals surface area contributed by atoms with E-state index in [4.69, 9.17) is 23.7 Å². The number of esters is 1. The number of carbonyl (C=O) groups is 1. The van der Waals surface area contributed by atoms with E-state index in [-0.39, 0.29) is 26.4 Å². The minimum Gasteiger partial charge on any atom is -0.463 e. The largest absolute Gasteiger partial charge is 0.463 e. The van der Waals surface area contributed by atoms with Crippen LogP contribution in [0.25, 0.3) is 0 Å². The Bertz CT molecular complexity index is 1040. The third-order valence-electron chi connectivity index (χ3n) is 5.92. The van der Waals surface area contributed by atoms with Crippen molar-refractivity contribution in [1.29, 1.82) is 0 Å². The van der Waals surface area contributed by atoms with Gasteiger partial charge in [-0.25, -0.2) is 0 Å². The Balaban J connectivity index is 1.57. The molecular weight excluding hydrogens is 460 g/mol. The molecule has 0 spiro atoms. The number of aliphatic hydroxyl groups excluding tert-OH is 1. The molecule has 1 aliphatic heterocycles. The third kappa shape index (κ3) is 7.46. The van der Waals surface area contributed by atoms with Crippen molar-refractivity contribution in [3.05, 3.63) is 108 Å². The molecule has 0 saturated carbocycles. The van der Waals surface area contributed by atoms with Crippen molar-refractivity contribution in [2.45, 2.75) is 57.5 Å². The zero-order valence-corrected chi connectivity index (χ0v) is 20.3. The lowest BCUT2D eigenvalue weighted by atomic mass is 9.98. The van der Waals surface area contributed by atoms with Gasteiger partial charge in [0.15, 0.2) is 6.29 Å². The zero-order chi connectivity index (χ0) is 25.2. The average Bonchev–Trinajstić information content (AvgIpc) is 2.91. The second-order valence-corrected chi connectivity index (χ2v) is 8.65. The van der Waals surface area contributed by atoms with E-state index >= 15 is 0 Å². The van der Waals surface area contributed by atoms with Gasteiger partial charge in [0.2, 0.25) is 0 Å². The minimum atomic E-state index is -1.30. The van der Waals surface area contributed by atoms with Crippen molar-refractivity contribution in [3.63, 3.8) is 0 Å². The smallest absolute Gasteiger partial charge is 0.302 e. The molecular formula is C29H32O7. The molecule has 0 aliphatic carbocycles. The molecule has 3 aromatic rings. The first kappa shape index (κ1) is 26.0. The van der Waals surface area contributed by atoms with Gasteiger partial charge in [0, 0.05) is 6.92 Å². The molecule has 36 heavy (non-hydrogen) atoms.